The van der Waals surface area contributed by atoms with Crippen molar-refractivity contribution >= 4 is 11.9 Å². The van der Waals surface area contributed by atoms with Gasteiger partial charge in [-0.15, -0.1) is 0 Å². The highest BCUT2D eigenvalue weighted by molar-refractivity contribution is 5.76. The minimum atomic E-state index is -1.02. The van der Waals surface area contributed by atoms with Crippen LogP contribution < -0.4 is 5.32 Å². The topological polar surface area (TPSA) is 75.6 Å². The highest BCUT2D eigenvalue weighted by Gasteiger charge is 2.40. The second-order valence-corrected chi connectivity index (χ2v) is 9.01. The third kappa shape index (κ3) is 6.08. The van der Waals surface area contributed by atoms with Crippen molar-refractivity contribution in [1.82, 2.24) is 5.32 Å². The van der Waals surface area contributed by atoms with E-state index in [1.807, 2.05) is 91.0 Å². The molecule has 172 valence electrons. The van der Waals surface area contributed by atoms with Gasteiger partial charge < -0.3 is 9.84 Å². The number of hydrogen-bond acceptors (Lipinski definition) is 4. The van der Waals surface area contributed by atoms with Gasteiger partial charge in [0.15, 0.2) is 0 Å². The van der Waals surface area contributed by atoms with Crippen molar-refractivity contribution in [3.8, 4) is 0 Å². The second kappa shape index (κ2) is 10.5. The summed E-state index contributed by atoms with van der Waals surface area (Å²) < 4.78 is 5.39. The van der Waals surface area contributed by atoms with Crippen LogP contribution in [0.4, 0.5) is 0 Å². The van der Waals surface area contributed by atoms with Crippen molar-refractivity contribution in [1.29, 1.82) is 0 Å². The number of carbonyl (C=O) groups is 2. The molecule has 3 rings (SSSR count). The van der Waals surface area contributed by atoms with E-state index in [0.717, 1.165) is 16.7 Å². The Morgan fingerprint density at radius 1 is 0.788 bits per heavy atom. The highest BCUT2D eigenvalue weighted by Crippen LogP contribution is 2.37. The summed E-state index contributed by atoms with van der Waals surface area (Å²) in [7, 11) is 0. The molecule has 0 bridgehead atoms. The Kier molecular flexibility index (Phi) is 7.67. The Morgan fingerprint density at radius 3 is 1.52 bits per heavy atom. The first-order valence-corrected chi connectivity index (χ1v) is 11.1. The van der Waals surface area contributed by atoms with E-state index in [1.54, 1.807) is 20.8 Å². The molecule has 0 amide bonds. The molecule has 3 aromatic carbocycles. The molecular formula is C28H31NO4. The molecule has 0 heterocycles. The summed E-state index contributed by atoms with van der Waals surface area (Å²) in [6, 6.07) is 28.4. The first-order chi connectivity index (χ1) is 15.7. The van der Waals surface area contributed by atoms with Crippen LogP contribution in [-0.2, 0) is 19.9 Å². The Balaban J connectivity index is 2.07. The molecule has 3 aromatic rings. The fourth-order valence-corrected chi connectivity index (χ4v) is 3.99. The third-order valence-corrected chi connectivity index (χ3v) is 5.37. The molecule has 1 atom stereocenters. The molecule has 0 fully saturated rings. The van der Waals surface area contributed by atoms with Crippen molar-refractivity contribution in [2.75, 3.05) is 0 Å². The van der Waals surface area contributed by atoms with Gasteiger partial charge in [0.25, 0.3) is 0 Å². The lowest BCUT2D eigenvalue weighted by Gasteiger charge is -2.39. The number of nitrogens with one attached hydrogen (secondary N) is 1. The summed E-state index contributed by atoms with van der Waals surface area (Å²) in [5.41, 5.74) is 1.18. The summed E-state index contributed by atoms with van der Waals surface area (Å²) in [4.78, 5) is 24.7. The Morgan fingerprint density at radius 2 is 1.18 bits per heavy atom. The quantitative estimate of drug-likeness (QED) is 0.352. The number of carboxylic acids is 1. The summed E-state index contributed by atoms with van der Waals surface area (Å²) >= 11 is 0. The number of rotatable bonds is 9. The van der Waals surface area contributed by atoms with E-state index >= 15 is 0 Å². The number of hydrogen-bond donors (Lipinski definition) is 2. The lowest BCUT2D eigenvalue weighted by molar-refractivity contribution is -0.155. The van der Waals surface area contributed by atoms with Crippen LogP contribution in [-0.4, -0.2) is 28.7 Å². The van der Waals surface area contributed by atoms with Gasteiger partial charge in [-0.1, -0.05) is 91.0 Å². The van der Waals surface area contributed by atoms with Crippen LogP contribution in [0.1, 0.15) is 50.3 Å². The van der Waals surface area contributed by atoms with Crippen LogP contribution in [0, 0.1) is 0 Å². The number of carboxylic acid groups (broad SMARTS) is 1. The molecule has 1 unspecified atom stereocenters. The number of ether oxygens (including phenoxy) is 1. The van der Waals surface area contributed by atoms with Crippen molar-refractivity contribution < 1.29 is 19.4 Å². The maximum absolute atomic E-state index is 12.4. The zero-order valence-electron chi connectivity index (χ0n) is 19.3. The van der Waals surface area contributed by atoms with Crippen molar-refractivity contribution in [3.05, 3.63) is 108 Å². The molecule has 33 heavy (non-hydrogen) atoms. The minimum Gasteiger partial charge on any atom is -0.480 e. The molecule has 0 aliphatic heterocycles. The smallest absolute Gasteiger partial charge is 0.320 e. The van der Waals surface area contributed by atoms with Gasteiger partial charge in [0, 0.05) is 6.42 Å². The maximum atomic E-state index is 12.4. The molecule has 0 radical (unpaired) electrons. The summed E-state index contributed by atoms with van der Waals surface area (Å²) in [5.74, 6) is -1.44. The Labute approximate surface area is 195 Å². The predicted octanol–water partition coefficient (Wildman–Crippen LogP) is 5.14. The highest BCUT2D eigenvalue weighted by atomic mass is 16.6. The van der Waals surface area contributed by atoms with Gasteiger partial charge in [0.05, 0.1) is 5.54 Å². The standard InChI is InChI=1S/C28H31NO4/c1-27(2,3)33-25(30)20-19-24(26(31)32)29-28(21-13-7-4-8-14-21,22-15-9-5-10-16-22)23-17-11-6-12-18-23/h4-18,24,29H,19-20H2,1-3H3,(H,31,32). The van der Waals surface area contributed by atoms with E-state index in [9.17, 15) is 14.7 Å². The van der Waals surface area contributed by atoms with Crippen LogP contribution >= 0.6 is 0 Å². The molecule has 5 nitrogen and oxygen atoms in total. The van der Waals surface area contributed by atoms with Crippen LogP contribution in [0.3, 0.4) is 0 Å². The van der Waals surface area contributed by atoms with Crippen LogP contribution in [0.5, 0.6) is 0 Å². The van der Waals surface area contributed by atoms with Gasteiger partial charge in [-0.2, -0.15) is 0 Å². The van der Waals surface area contributed by atoms with Gasteiger partial charge in [0.2, 0.25) is 0 Å². The number of aliphatic carboxylic acids is 1. The zero-order chi connectivity index (χ0) is 23.9. The van der Waals surface area contributed by atoms with E-state index in [1.165, 1.54) is 0 Å². The van der Waals surface area contributed by atoms with E-state index < -0.39 is 29.1 Å². The fourth-order valence-electron chi connectivity index (χ4n) is 3.99. The SMILES string of the molecule is CC(C)(C)OC(=O)CCC(NC(c1ccccc1)(c1ccccc1)c1ccccc1)C(=O)O. The van der Waals surface area contributed by atoms with E-state index in [2.05, 4.69) is 5.32 Å². The van der Waals surface area contributed by atoms with Gasteiger partial charge in [-0.3, -0.25) is 14.9 Å². The first-order valence-electron chi connectivity index (χ1n) is 11.1. The lowest BCUT2D eigenvalue weighted by Crippen LogP contribution is -2.52. The second-order valence-electron chi connectivity index (χ2n) is 9.01. The molecule has 0 aliphatic carbocycles. The van der Waals surface area contributed by atoms with Crippen LogP contribution in [0.15, 0.2) is 91.0 Å². The van der Waals surface area contributed by atoms with Crippen LogP contribution in [0.25, 0.3) is 0 Å². The molecule has 2 N–H and O–H groups in total. The molecular weight excluding hydrogens is 414 g/mol. The molecule has 5 heteroatoms. The Bertz CT molecular complexity index is 947. The fraction of sp³-hybridized carbons (Fsp3) is 0.286. The van der Waals surface area contributed by atoms with E-state index in [0.29, 0.717) is 0 Å². The molecule has 0 aliphatic rings. The summed E-state index contributed by atoms with van der Waals surface area (Å²) in [6.45, 7) is 5.38. The van der Waals surface area contributed by atoms with Crippen LogP contribution in [0.2, 0.25) is 0 Å². The molecule has 0 saturated carbocycles. The number of benzene rings is 3. The van der Waals surface area contributed by atoms with E-state index in [4.69, 9.17) is 4.74 Å². The normalized spacial score (nSPS) is 12.7. The Hall–Kier alpha value is -3.44. The van der Waals surface area contributed by atoms with Gasteiger partial charge in [0.1, 0.15) is 11.6 Å². The van der Waals surface area contributed by atoms with Crippen molar-refractivity contribution in [2.24, 2.45) is 0 Å². The molecule has 0 saturated heterocycles. The first kappa shape index (κ1) is 24.2. The largest absolute Gasteiger partial charge is 0.480 e. The monoisotopic (exact) mass is 445 g/mol. The number of esters is 1. The van der Waals surface area contributed by atoms with Crippen molar-refractivity contribution in [3.63, 3.8) is 0 Å². The lowest BCUT2D eigenvalue weighted by atomic mass is 9.76. The van der Waals surface area contributed by atoms with Gasteiger partial charge in [-0.05, 0) is 43.9 Å². The predicted molar refractivity (Wildman–Crippen MR) is 129 cm³/mol. The summed E-state index contributed by atoms with van der Waals surface area (Å²) in [6.07, 6.45) is 0.0915. The maximum Gasteiger partial charge on any atom is 0.320 e. The molecule has 0 spiro atoms. The average Bonchev–Trinajstić information content (AvgIpc) is 2.80. The molecule has 0 aromatic heterocycles. The minimum absolute atomic E-state index is 0.00428. The number of carbonyl (C=O) groups excluding carboxylic acids is 1. The summed E-state index contributed by atoms with van der Waals surface area (Å²) in [5, 5.41) is 13.5. The zero-order valence-corrected chi connectivity index (χ0v) is 19.3. The van der Waals surface area contributed by atoms with Gasteiger partial charge in [-0.25, -0.2) is 0 Å². The van der Waals surface area contributed by atoms with E-state index in [-0.39, 0.29) is 12.8 Å². The van der Waals surface area contributed by atoms with Gasteiger partial charge >= 0.3 is 11.9 Å². The average molecular weight is 446 g/mol. The van der Waals surface area contributed by atoms with Crippen molar-refractivity contribution in [2.45, 2.75) is 50.8 Å². The third-order valence-electron chi connectivity index (χ3n) is 5.37.